The lowest BCUT2D eigenvalue weighted by Gasteiger charge is -2.29. The second-order valence-corrected chi connectivity index (χ2v) is 7.99. The lowest BCUT2D eigenvalue weighted by Crippen LogP contribution is -2.41. The van der Waals surface area contributed by atoms with Crippen molar-refractivity contribution in [2.45, 2.75) is 44.0 Å². The van der Waals surface area contributed by atoms with Crippen LogP contribution in [0.5, 0.6) is 0 Å². The molecule has 0 saturated heterocycles. The van der Waals surface area contributed by atoms with Gasteiger partial charge < -0.3 is 10.5 Å². The Bertz CT molecular complexity index is 900. The second-order valence-electron chi connectivity index (χ2n) is 6.86. The molecule has 1 atom stereocenters. The Morgan fingerprint density at radius 1 is 1.37 bits per heavy atom. The average molecular weight is 397 g/mol. The lowest BCUT2D eigenvalue weighted by atomic mass is 9.80. The molecule has 0 bridgehead atoms. The summed E-state index contributed by atoms with van der Waals surface area (Å²) < 4.78 is 41.6. The molecule has 1 unspecified atom stereocenters. The Balaban J connectivity index is 1.71. The van der Waals surface area contributed by atoms with Crippen LogP contribution in [0, 0.1) is 0 Å². The number of fused-ring (bicyclic) bond motifs is 2. The maximum absolute atomic E-state index is 12.8. The highest BCUT2D eigenvalue weighted by Gasteiger charge is 2.50. The van der Waals surface area contributed by atoms with Crippen molar-refractivity contribution in [3.8, 4) is 0 Å². The van der Waals surface area contributed by atoms with E-state index in [-0.39, 0.29) is 17.6 Å². The third-order valence-electron chi connectivity index (χ3n) is 5.13. The lowest BCUT2D eigenvalue weighted by molar-refractivity contribution is -0.303. The maximum Gasteiger partial charge on any atom is 0.573 e. The zero-order valence-electron chi connectivity index (χ0n) is 14.6. The predicted octanol–water partition coefficient (Wildman–Crippen LogP) is 3.66. The summed E-state index contributed by atoms with van der Waals surface area (Å²) in [7, 11) is 1.60. The van der Waals surface area contributed by atoms with Crippen LogP contribution in [0.15, 0.2) is 29.0 Å². The molecule has 1 aromatic heterocycles. The van der Waals surface area contributed by atoms with E-state index in [0.717, 1.165) is 33.7 Å². The van der Waals surface area contributed by atoms with Crippen LogP contribution >= 0.6 is 11.3 Å². The number of guanidine groups is 1. The Labute approximate surface area is 158 Å². The molecule has 9 heteroatoms. The van der Waals surface area contributed by atoms with Crippen molar-refractivity contribution in [3.63, 3.8) is 0 Å². The summed E-state index contributed by atoms with van der Waals surface area (Å²) >= 11 is 1.51. The first-order valence-corrected chi connectivity index (χ1v) is 9.45. The number of nitrogens with two attached hydrogens (primary N) is 1. The van der Waals surface area contributed by atoms with Gasteiger partial charge in [0, 0.05) is 22.4 Å². The fraction of sp³-hybridized carbons (Fsp3) is 0.444. The van der Waals surface area contributed by atoms with E-state index < -0.39 is 11.9 Å². The van der Waals surface area contributed by atoms with Crippen molar-refractivity contribution in [2.24, 2.45) is 10.7 Å². The molecule has 4 rings (SSSR count). The number of hydrogen-bond acceptors (Lipinski definition) is 5. The van der Waals surface area contributed by atoms with E-state index in [1.165, 1.54) is 28.4 Å². The number of allylic oxidation sites excluding steroid dienone is 3. The number of ether oxygens (including phenoxy) is 1. The van der Waals surface area contributed by atoms with E-state index in [4.69, 9.17) is 5.73 Å². The number of thiophene rings is 1. The zero-order valence-corrected chi connectivity index (χ0v) is 15.4. The van der Waals surface area contributed by atoms with Gasteiger partial charge in [-0.1, -0.05) is 0 Å². The highest BCUT2D eigenvalue weighted by Crippen LogP contribution is 2.47. The largest absolute Gasteiger partial charge is 0.573 e. The van der Waals surface area contributed by atoms with Gasteiger partial charge in [0.1, 0.15) is 5.76 Å². The summed E-state index contributed by atoms with van der Waals surface area (Å²) in [5.74, 6) is -0.144. The van der Waals surface area contributed by atoms with Crippen LogP contribution in [0.2, 0.25) is 0 Å². The van der Waals surface area contributed by atoms with Crippen molar-refractivity contribution in [1.29, 1.82) is 0 Å². The van der Waals surface area contributed by atoms with E-state index in [1.807, 2.05) is 6.07 Å². The van der Waals surface area contributed by atoms with Gasteiger partial charge in [-0.3, -0.25) is 9.69 Å². The summed E-state index contributed by atoms with van der Waals surface area (Å²) in [6.07, 6.45) is 1.47. The highest BCUT2D eigenvalue weighted by atomic mass is 32.1. The Hall–Kier alpha value is -2.29. The Kier molecular flexibility index (Phi) is 4.10. The van der Waals surface area contributed by atoms with Crippen LogP contribution in [0.3, 0.4) is 0 Å². The van der Waals surface area contributed by atoms with Crippen LogP contribution in [0.1, 0.15) is 41.0 Å². The second kappa shape index (κ2) is 6.12. The first-order valence-electron chi connectivity index (χ1n) is 8.63. The molecule has 0 saturated carbocycles. The molecular weight excluding hydrogens is 379 g/mol. The van der Waals surface area contributed by atoms with Crippen LogP contribution in [0.25, 0.3) is 5.57 Å². The first-order chi connectivity index (χ1) is 12.7. The molecule has 3 aliphatic rings. The number of alkyl halides is 3. The normalized spacial score (nSPS) is 25.3. The molecule has 2 heterocycles. The van der Waals surface area contributed by atoms with Crippen molar-refractivity contribution < 1.29 is 22.7 Å². The van der Waals surface area contributed by atoms with Gasteiger partial charge in [-0.25, -0.2) is 4.99 Å². The molecule has 1 amide bonds. The van der Waals surface area contributed by atoms with Crippen molar-refractivity contribution in [3.05, 3.63) is 39.3 Å². The third-order valence-corrected chi connectivity index (χ3v) is 6.40. The molecule has 0 aromatic carbocycles. The fourth-order valence-electron chi connectivity index (χ4n) is 3.87. The molecular formula is C18H18F3N3O2S. The Morgan fingerprint density at radius 2 is 2.15 bits per heavy atom. The SMILES string of the molecule is CN1C(=O)C2(CCCc3sc(C4=CC(OC(F)(F)F)=CCC4)cc32)N=C1N. The quantitative estimate of drug-likeness (QED) is 0.828. The molecule has 27 heavy (non-hydrogen) atoms. The number of aryl methyl sites for hydroxylation is 1. The summed E-state index contributed by atoms with van der Waals surface area (Å²) in [6.45, 7) is 0. The standard InChI is InChI=1S/C18H18F3N3O2S/c1-24-15(25)17(23-16(24)22)7-3-6-13-12(17)9-14(27-13)10-4-2-5-11(8-10)26-18(19,20)21/h5,8-9H,2-4,6-7H2,1H3,(H2,22,23). The summed E-state index contributed by atoms with van der Waals surface area (Å²) in [6, 6.07) is 1.90. The monoisotopic (exact) mass is 397 g/mol. The van der Waals surface area contributed by atoms with Gasteiger partial charge in [-0.05, 0) is 55.9 Å². The number of rotatable bonds is 2. The number of carbonyl (C=O) groups excluding carboxylic acids is 1. The number of hydrogen-bond donors (Lipinski definition) is 1. The average Bonchev–Trinajstić information content (AvgIpc) is 3.12. The van der Waals surface area contributed by atoms with Gasteiger partial charge in [0.25, 0.3) is 5.91 Å². The van der Waals surface area contributed by atoms with Gasteiger partial charge in [0.2, 0.25) is 0 Å². The minimum absolute atomic E-state index is 0.149. The van der Waals surface area contributed by atoms with Crippen molar-refractivity contribution in [1.82, 2.24) is 4.90 Å². The zero-order chi connectivity index (χ0) is 19.4. The molecule has 2 aliphatic carbocycles. The first kappa shape index (κ1) is 18.1. The molecule has 144 valence electrons. The number of halogens is 3. The predicted molar refractivity (Wildman–Crippen MR) is 95.8 cm³/mol. The molecule has 1 aromatic rings. The van der Waals surface area contributed by atoms with Gasteiger partial charge in [-0.15, -0.1) is 24.5 Å². The van der Waals surface area contributed by atoms with Crippen LogP contribution < -0.4 is 5.73 Å². The molecule has 2 N–H and O–H groups in total. The number of nitrogens with zero attached hydrogens (tertiary/aromatic N) is 2. The molecule has 1 spiro atoms. The van der Waals surface area contributed by atoms with Gasteiger partial charge in [0.05, 0.1) is 0 Å². The van der Waals surface area contributed by atoms with Crippen molar-refractivity contribution >= 4 is 28.8 Å². The maximum atomic E-state index is 12.8. The smallest absolute Gasteiger partial charge is 0.406 e. The van der Waals surface area contributed by atoms with E-state index >= 15 is 0 Å². The van der Waals surface area contributed by atoms with E-state index in [2.05, 4.69) is 9.73 Å². The van der Waals surface area contributed by atoms with Gasteiger partial charge >= 0.3 is 6.36 Å². The number of aliphatic imine (C=N–C) groups is 1. The van der Waals surface area contributed by atoms with Gasteiger partial charge in [0.15, 0.2) is 11.5 Å². The molecule has 0 fully saturated rings. The summed E-state index contributed by atoms with van der Waals surface area (Å²) in [4.78, 5) is 20.6. The molecule has 0 radical (unpaired) electrons. The topological polar surface area (TPSA) is 67.9 Å². The highest BCUT2D eigenvalue weighted by molar-refractivity contribution is 7.13. The van der Waals surface area contributed by atoms with Crippen molar-refractivity contribution in [2.75, 3.05) is 7.05 Å². The third kappa shape index (κ3) is 3.03. The minimum Gasteiger partial charge on any atom is -0.406 e. The van der Waals surface area contributed by atoms with Gasteiger partial charge in [-0.2, -0.15) is 0 Å². The number of likely N-dealkylation sites (N-methyl/N-ethyl adjacent to an activating group) is 1. The van der Waals surface area contributed by atoms with E-state index in [1.54, 1.807) is 7.05 Å². The molecule has 1 aliphatic heterocycles. The molecule has 5 nitrogen and oxygen atoms in total. The number of carbonyl (C=O) groups is 1. The fourth-order valence-corrected chi connectivity index (χ4v) is 5.19. The Morgan fingerprint density at radius 3 is 2.81 bits per heavy atom. The van der Waals surface area contributed by atoms with E-state index in [9.17, 15) is 18.0 Å². The van der Waals surface area contributed by atoms with Crippen LogP contribution in [0.4, 0.5) is 13.2 Å². The van der Waals surface area contributed by atoms with Crippen LogP contribution in [-0.4, -0.2) is 30.2 Å². The summed E-state index contributed by atoms with van der Waals surface area (Å²) in [5.41, 5.74) is 6.50. The minimum atomic E-state index is -4.71. The van der Waals surface area contributed by atoms with Crippen LogP contribution in [-0.2, 0) is 21.5 Å². The summed E-state index contributed by atoms with van der Waals surface area (Å²) in [5, 5.41) is 0. The number of amides is 1. The van der Waals surface area contributed by atoms with E-state index in [0.29, 0.717) is 19.3 Å².